The maximum atomic E-state index is 12.6. The highest BCUT2D eigenvalue weighted by molar-refractivity contribution is 5.88. The van der Waals surface area contributed by atoms with Gasteiger partial charge in [0, 0.05) is 24.6 Å². The Kier molecular flexibility index (Phi) is 4.11. The van der Waals surface area contributed by atoms with Crippen molar-refractivity contribution in [1.82, 2.24) is 15.1 Å². The molecule has 1 atom stereocenters. The smallest absolute Gasteiger partial charge is 0.320 e. The van der Waals surface area contributed by atoms with Crippen LogP contribution in [0.4, 0.5) is 10.6 Å². The molecule has 1 fully saturated rings. The molecule has 1 aromatic heterocycles. The van der Waals surface area contributed by atoms with Crippen LogP contribution in [0.15, 0.2) is 36.5 Å². The summed E-state index contributed by atoms with van der Waals surface area (Å²) in [5, 5.41) is 10.2. The number of aryl methyl sites for hydroxylation is 1. The number of fused-ring (bicyclic) bond motifs is 1. The normalized spacial score (nSPS) is 20.8. The number of amides is 2. The van der Waals surface area contributed by atoms with E-state index in [0.717, 1.165) is 30.6 Å². The van der Waals surface area contributed by atoms with E-state index in [2.05, 4.69) is 15.7 Å². The molecule has 0 radical (unpaired) electrons. The second-order valence-corrected chi connectivity index (χ2v) is 6.92. The van der Waals surface area contributed by atoms with Gasteiger partial charge in [-0.15, -0.1) is 0 Å². The summed E-state index contributed by atoms with van der Waals surface area (Å²) in [6.07, 6.45) is 7.02. The zero-order valence-electron chi connectivity index (χ0n) is 14.5. The van der Waals surface area contributed by atoms with E-state index in [1.54, 1.807) is 16.9 Å². The van der Waals surface area contributed by atoms with E-state index in [0.29, 0.717) is 12.4 Å². The number of benzene rings is 1. The lowest BCUT2D eigenvalue weighted by Crippen LogP contribution is -2.44. The Morgan fingerprint density at radius 3 is 2.92 bits per heavy atom. The van der Waals surface area contributed by atoms with Crippen molar-refractivity contribution in [2.24, 2.45) is 0 Å². The molecule has 2 heterocycles. The first-order valence-corrected chi connectivity index (χ1v) is 9.06. The molecule has 2 aliphatic rings. The van der Waals surface area contributed by atoms with Gasteiger partial charge < -0.3 is 10.1 Å². The van der Waals surface area contributed by atoms with E-state index in [9.17, 15) is 4.79 Å². The fourth-order valence-electron chi connectivity index (χ4n) is 4.07. The van der Waals surface area contributed by atoms with E-state index in [-0.39, 0.29) is 17.7 Å². The van der Waals surface area contributed by atoms with Crippen molar-refractivity contribution in [2.45, 2.75) is 57.2 Å². The minimum absolute atomic E-state index is 0.0407. The van der Waals surface area contributed by atoms with Crippen LogP contribution in [0.2, 0.25) is 0 Å². The highest BCUT2D eigenvalue weighted by Gasteiger charge is 2.43. The molecule has 0 bridgehead atoms. The van der Waals surface area contributed by atoms with Gasteiger partial charge in [0.2, 0.25) is 0 Å². The van der Waals surface area contributed by atoms with Crippen molar-refractivity contribution in [2.75, 3.05) is 5.32 Å². The van der Waals surface area contributed by atoms with Gasteiger partial charge in [0.15, 0.2) is 0 Å². The number of para-hydroxylation sites is 1. The Hall–Kier alpha value is -2.50. The van der Waals surface area contributed by atoms with Crippen LogP contribution < -0.4 is 15.4 Å². The van der Waals surface area contributed by atoms with E-state index < -0.39 is 0 Å². The predicted molar refractivity (Wildman–Crippen MR) is 95.7 cm³/mol. The summed E-state index contributed by atoms with van der Waals surface area (Å²) in [5.41, 5.74) is 0.927. The first kappa shape index (κ1) is 16.0. The van der Waals surface area contributed by atoms with Gasteiger partial charge >= 0.3 is 6.03 Å². The molecule has 1 aromatic carbocycles. The lowest BCUT2D eigenvalue weighted by molar-refractivity contribution is 0.0388. The molecule has 0 saturated heterocycles. The van der Waals surface area contributed by atoms with E-state index >= 15 is 0 Å². The second kappa shape index (κ2) is 6.43. The summed E-state index contributed by atoms with van der Waals surface area (Å²) in [6, 6.07) is 9.59. The van der Waals surface area contributed by atoms with Gasteiger partial charge in [-0.2, -0.15) is 5.10 Å². The van der Waals surface area contributed by atoms with Crippen LogP contribution in [0.1, 0.15) is 50.6 Å². The molecular formula is C19H24N4O2. The van der Waals surface area contributed by atoms with Crippen molar-refractivity contribution in [1.29, 1.82) is 0 Å². The molecule has 0 unspecified atom stereocenters. The minimum atomic E-state index is -0.204. The maximum Gasteiger partial charge on any atom is 0.320 e. The number of ether oxygens (including phenoxy) is 1. The summed E-state index contributed by atoms with van der Waals surface area (Å²) < 4.78 is 8.11. The average molecular weight is 340 g/mol. The van der Waals surface area contributed by atoms with E-state index in [1.165, 1.54) is 12.8 Å². The fraction of sp³-hybridized carbons (Fsp3) is 0.474. The number of urea groups is 1. The van der Waals surface area contributed by atoms with Gasteiger partial charge in [-0.05, 0) is 38.7 Å². The number of nitrogens with one attached hydrogen (secondary N) is 2. The highest BCUT2D eigenvalue weighted by Crippen LogP contribution is 2.46. The van der Waals surface area contributed by atoms with Crippen molar-refractivity contribution in [3.8, 4) is 5.75 Å². The number of anilines is 1. The number of aromatic nitrogens is 2. The summed E-state index contributed by atoms with van der Waals surface area (Å²) in [6.45, 7) is 2.71. The zero-order valence-corrected chi connectivity index (χ0v) is 14.5. The molecule has 2 aromatic rings. The standard InChI is InChI=1S/C19H24N4O2/c1-2-23-17(9-12-20-23)22-18(24)21-15-13-19(10-5-6-11-19)25-16-8-4-3-7-14(15)16/h3-4,7-9,12,15H,2,5-6,10-11,13H2,1H3,(H2,21,22,24)/t15-/m1/s1. The number of nitrogens with zero attached hydrogens (tertiary/aromatic N) is 2. The lowest BCUT2D eigenvalue weighted by atomic mass is 9.86. The highest BCUT2D eigenvalue weighted by atomic mass is 16.5. The molecule has 1 aliphatic heterocycles. The number of rotatable bonds is 3. The minimum Gasteiger partial charge on any atom is -0.487 e. The molecule has 1 aliphatic carbocycles. The van der Waals surface area contributed by atoms with Crippen LogP contribution in [0, 0.1) is 0 Å². The van der Waals surface area contributed by atoms with Gasteiger partial charge in [-0.1, -0.05) is 18.2 Å². The predicted octanol–water partition coefficient (Wildman–Crippen LogP) is 3.86. The molecule has 1 spiro atoms. The largest absolute Gasteiger partial charge is 0.487 e. The Morgan fingerprint density at radius 2 is 2.12 bits per heavy atom. The molecule has 2 amide bonds. The van der Waals surface area contributed by atoms with Gasteiger partial charge in [0.05, 0.1) is 12.2 Å². The summed E-state index contributed by atoms with van der Waals surface area (Å²) in [7, 11) is 0. The van der Waals surface area contributed by atoms with Gasteiger partial charge in [0.25, 0.3) is 0 Å². The van der Waals surface area contributed by atoms with Crippen molar-refractivity contribution < 1.29 is 9.53 Å². The lowest BCUT2D eigenvalue weighted by Gasteiger charge is -2.40. The Morgan fingerprint density at radius 1 is 1.32 bits per heavy atom. The number of hydrogen-bond acceptors (Lipinski definition) is 3. The SMILES string of the molecule is CCn1nccc1NC(=O)N[C@@H]1CC2(CCCC2)Oc2ccccc21. The molecule has 132 valence electrons. The van der Waals surface area contributed by atoms with Gasteiger partial charge in [-0.3, -0.25) is 5.32 Å². The molecule has 25 heavy (non-hydrogen) atoms. The quantitative estimate of drug-likeness (QED) is 0.891. The molecule has 6 heteroatoms. The first-order valence-electron chi connectivity index (χ1n) is 9.06. The third-order valence-corrected chi connectivity index (χ3v) is 5.27. The fourth-order valence-corrected chi connectivity index (χ4v) is 4.07. The Bertz CT molecular complexity index is 764. The van der Waals surface area contributed by atoms with Crippen LogP contribution in [-0.4, -0.2) is 21.4 Å². The van der Waals surface area contributed by atoms with Crippen LogP contribution in [0.3, 0.4) is 0 Å². The topological polar surface area (TPSA) is 68.2 Å². The van der Waals surface area contributed by atoms with Crippen LogP contribution in [-0.2, 0) is 6.54 Å². The third-order valence-electron chi connectivity index (χ3n) is 5.27. The number of carbonyl (C=O) groups is 1. The maximum absolute atomic E-state index is 12.6. The van der Waals surface area contributed by atoms with E-state index in [1.807, 2.05) is 31.2 Å². The molecule has 4 rings (SSSR count). The van der Waals surface area contributed by atoms with Crippen LogP contribution in [0.5, 0.6) is 5.75 Å². The Labute approximate surface area is 147 Å². The number of carbonyl (C=O) groups excluding carboxylic acids is 1. The van der Waals surface area contributed by atoms with Crippen molar-refractivity contribution >= 4 is 11.8 Å². The molecular weight excluding hydrogens is 316 g/mol. The summed E-state index contributed by atoms with van der Waals surface area (Å²) in [5.74, 6) is 1.61. The number of hydrogen-bond donors (Lipinski definition) is 2. The van der Waals surface area contributed by atoms with Crippen molar-refractivity contribution in [3.05, 3.63) is 42.1 Å². The van der Waals surface area contributed by atoms with Crippen LogP contribution in [0.25, 0.3) is 0 Å². The average Bonchev–Trinajstić information content (AvgIpc) is 3.24. The third kappa shape index (κ3) is 3.08. The summed E-state index contributed by atoms with van der Waals surface area (Å²) >= 11 is 0. The second-order valence-electron chi connectivity index (χ2n) is 6.92. The molecule has 2 N–H and O–H groups in total. The van der Waals surface area contributed by atoms with Crippen LogP contribution >= 0.6 is 0 Å². The van der Waals surface area contributed by atoms with Gasteiger partial charge in [0.1, 0.15) is 17.2 Å². The van der Waals surface area contributed by atoms with Crippen molar-refractivity contribution in [3.63, 3.8) is 0 Å². The zero-order chi connectivity index (χ0) is 17.3. The molecule has 1 saturated carbocycles. The first-order chi connectivity index (χ1) is 12.2. The monoisotopic (exact) mass is 340 g/mol. The summed E-state index contributed by atoms with van der Waals surface area (Å²) in [4.78, 5) is 12.6. The molecule has 6 nitrogen and oxygen atoms in total. The van der Waals surface area contributed by atoms with E-state index in [4.69, 9.17) is 4.74 Å². The Balaban J connectivity index is 1.53. The van der Waals surface area contributed by atoms with Gasteiger partial charge in [-0.25, -0.2) is 9.48 Å².